The molecule has 0 radical (unpaired) electrons. The summed E-state index contributed by atoms with van der Waals surface area (Å²) in [5.41, 5.74) is 0.936. The van der Waals surface area contributed by atoms with Crippen molar-refractivity contribution < 1.29 is 5.11 Å². The van der Waals surface area contributed by atoms with Crippen LogP contribution in [0.3, 0.4) is 0 Å². The topological polar surface area (TPSA) is 20.2 Å². The quantitative estimate of drug-likeness (QED) is 0.822. The SMILES string of the molecule is Cc1c(O)cccc1Sc1ccccc1. The molecule has 1 N–H and O–H groups in total. The third-order valence-electron chi connectivity index (χ3n) is 2.23. The average molecular weight is 216 g/mol. The molecule has 2 aromatic carbocycles. The van der Waals surface area contributed by atoms with Crippen molar-refractivity contribution in [2.45, 2.75) is 16.7 Å². The number of phenolic OH excluding ortho intramolecular Hbond substituents is 1. The van der Waals surface area contributed by atoms with E-state index in [0.717, 1.165) is 10.5 Å². The standard InChI is InChI=1S/C13H12OS/c1-10-12(14)8-5-9-13(10)15-11-6-3-2-4-7-11/h2-9,14H,1H3. The summed E-state index contributed by atoms with van der Waals surface area (Å²) in [6.45, 7) is 1.93. The Labute approximate surface area is 93.8 Å². The fourth-order valence-electron chi connectivity index (χ4n) is 1.33. The first-order valence-electron chi connectivity index (χ1n) is 4.79. The third-order valence-corrected chi connectivity index (χ3v) is 3.40. The highest BCUT2D eigenvalue weighted by atomic mass is 32.2. The predicted molar refractivity (Wildman–Crippen MR) is 63.4 cm³/mol. The highest BCUT2D eigenvalue weighted by Crippen LogP contribution is 2.33. The van der Waals surface area contributed by atoms with Gasteiger partial charge in [-0.2, -0.15) is 0 Å². The van der Waals surface area contributed by atoms with Crippen LogP contribution in [0.15, 0.2) is 58.3 Å². The van der Waals surface area contributed by atoms with E-state index >= 15 is 0 Å². The summed E-state index contributed by atoms with van der Waals surface area (Å²) in [6.07, 6.45) is 0. The van der Waals surface area contributed by atoms with Crippen molar-refractivity contribution >= 4 is 11.8 Å². The lowest BCUT2D eigenvalue weighted by Crippen LogP contribution is -1.80. The van der Waals surface area contributed by atoms with Gasteiger partial charge >= 0.3 is 0 Å². The maximum Gasteiger partial charge on any atom is 0.119 e. The van der Waals surface area contributed by atoms with Crippen LogP contribution in [0.4, 0.5) is 0 Å². The zero-order chi connectivity index (χ0) is 10.7. The van der Waals surface area contributed by atoms with E-state index in [4.69, 9.17) is 0 Å². The molecule has 2 aromatic rings. The van der Waals surface area contributed by atoms with Crippen molar-refractivity contribution in [3.8, 4) is 5.75 Å². The lowest BCUT2D eigenvalue weighted by atomic mass is 10.2. The molecule has 1 nitrogen and oxygen atoms in total. The summed E-state index contributed by atoms with van der Waals surface area (Å²) in [7, 11) is 0. The Balaban J connectivity index is 2.29. The monoisotopic (exact) mass is 216 g/mol. The minimum atomic E-state index is 0.357. The van der Waals surface area contributed by atoms with Crippen LogP contribution >= 0.6 is 11.8 Å². The Morgan fingerprint density at radius 3 is 2.40 bits per heavy atom. The molecule has 0 atom stereocenters. The summed E-state index contributed by atoms with van der Waals surface area (Å²) >= 11 is 1.67. The van der Waals surface area contributed by atoms with E-state index < -0.39 is 0 Å². The van der Waals surface area contributed by atoms with Crippen LogP contribution in [-0.4, -0.2) is 5.11 Å². The average Bonchev–Trinajstić information content (AvgIpc) is 2.26. The normalized spacial score (nSPS) is 10.2. The first-order chi connectivity index (χ1) is 7.27. The molecular formula is C13H12OS. The fraction of sp³-hybridized carbons (Fsp3) is 0.0769. The molecule has 0 saturated heterocycles. The molecule has 0 spiro atoms. The lowest BCUT2D eigenvalue weighted by Gasteiger charge is -2.06. The van der Waals surface area contributed by atoms with Gasteiger partial charge in [0.05, 0.1) is 0 Å². The van der Waals surface area contributed by atoms with Crippen LogP contribution < -0.4 is 0 Å². The zero-order valence-corrected chi connectivity index (χ0v) is 9.29. The molecule has 0 aliphatic rings. The number of hydrogen-bond acceptors (Lipinski definition) is 2. The maximum absolute atomic E-state index is 9.56. The Morgan fingerprint density at radius 1 is 0.933 bits per heavy atom. The van der Waals surface area contributed by atoms with Gasteiger partial charge in [0.15, 0.2) is 0 Å². The zero-order valence-electron chi connectivity index (χ0n) is 8.47. The summed E-state index contributed by atoms with van der Waals surface area (Å²) in [5.74, 6) is 0.357. The van der Waals surface area contributed by atoms with E-state index in [1.807, 2.05) is 37.3 Å². The van der Waals surface area contributed by atoms with E-state index in [2.05, 4.69) is 12.1 Å². The third kappa shape index (κ3) is 2.34. The second kappa shape index (κ2) is 4.41. The van der Waals surface area contributed by atoms with Gasteiger partial charge in [-0.15, -0.1) is 0 Å². The molecule has 0 amide bonds. The van der Waals surface area contributed by atoms with E-state index in [0.29, 0.717) is 5.75 Å². The van der Waals surface area contributed by atoms with Gasteiger partial charge < -0.3 is 5.11 Å². The molecule has 2 heteroatoms. The Kier molecular flexibility index (Phi) is 2.97. The number of rotatable bonds is 2. The van der Waals surface area contributed by atoms with Gasteiger partial charge in [0.25, 0.3) is 0 Å². The van der Waals surface area contributed by atoms with Gasteiger partial charge in [-0.25, -0.2) is 0 Å². The van der Waals surface area contributed by atoms with Crippen molar-refractivity contribution in [2.24, 2.45) is 0 Å². The second-order valence-corrected chi connectivity index (χ2v) is 4.43. The minimum absolute atomic E-state index is 0.357. The van der Waals surface area contributed by atoms with Gasteiger partial charge in [0.2, 0.25) is 0 Å². The van der Waals surface area contributed by atoms with Gasteiger partial charge in [0.1, 0.15) is 5.75 Å². The molecule has 0 unspecified atom stereocenters. The Hall–Kier alpha value is -1.41. The number of aromatic hydroxyl groups is 1. The number of hydrogen-bond donors (Lipinski definition) is 1. The van der Waals surface area contributed by atoms with Crippen LogP contribution in [0.2, 0.25) is 0 Å². The fourth-order valence-corrected chi connectivity index (χ4v) is 2.28. The summed E-state index contributed by atoms with van der Waals surface area (Å²) < 4.78 is 0. The predicted octanol–water partition coefficient (Wildman–Crippen LogP) is 3.85. The van der Waals surface area contributed by atoms with Crippen LogP contribution in [0.25, 0.3) is 0 Å². The van der Waals surface area contributed by atoms with Crippen molar-refractivity contribution in [1.82, 2.24) is 0 Å². The van der Waals surface area contributed by atoms with Gasteiger partial charge in [0, 0.05) is 15.4 Å². The van der Waals surface area contributed by atoms with Crippen molar-refractivity contribution in [1.29, 1.82) is 0 Å². The van der Waals surface area contributed by atoms with E-state index in [9.17, 15) is 5.11 Å². The number of phenols is 1. The summed E-state index contributed by atoms with van der Waals surface area (Å²) in [4.78, 5) is 2.28. The minimum Gasteiger partial charge on any atom is -0.508 e. The first-order valence-corrected chi connectivity index (χ1v) is 5.60. The molecule has 0 aliphatic heterocycles. The Morgan fingerprint density at radius 2 is 1.67 bits per heavy atom. The highest BCUT2D eigenvalue weighted by Gasteiger charge is 2.03. The second-order valence-electron chi connectivity index (χ2n) is 3.32. The number of benzene rings is 2. The van der Waals surface area contributed by atoms with E-state index in [1.54, 1.807) is 17.8 Å². The molecule has 15 heavy (non-hydrogen) atoms. The van der Waals surface area contributed by atoms with E-state index in [1.165, 1.54) is 4.90 Å². The molecule has 0 bridgehead atoms. The summed E-state index contributed by atoms with van der Waals surface area (Å²) in [5, 5.41) is 9.56. The molecule has 0 aromatic heterocycles. The summed E-state index contributed by atoms with van der Waals surface area (Å²) in [6, 6.07) is 15.8. The largest absolute Gasteiger partial charge is 0.508 e. The molecule has 0 saturated carbocycles. The maximum atomic E-state index is 9.56. The van der Waals surface area contributed by atoms with Gasteiger partial charge in [-0.1, -0.05) is 36.0 Å². The first kappa shape index (κ1) is 10.1. The molecule has 76 valence electrons. The smallest absolute Gasteiger partial charge is 0.119 e. The van der Waals surface area contributed by atoms with Crippen molar-refractivity contribution in [3.05, 3.63) is 54.1 Å². The molecule has 0 heterocycles. The van der Waals surface area contributed by atoms with Gasteiger partial charge in [-0.3, -0.25) is 0 Å². The van der Waals surface area contributed by atoms with Crippen LogP contribution in [0.1, 0.15) is 5.56 Å². The van der Waals surface area contributed by atoms with Gasteiger partial charge in [-0.05, 0) is 31.2 Å². The molecule has 2 rings (SSSR count). The lowest BCUT2D eigenvalue weighted by molar-refractivity contribution is 0.469. The van der Waals surface area contributed by atoms with E-state index in [-0.39, 0.29) is 0 Å². The molecule has 0 fully saturated rings. The molecular weight excluding hydrogens is 204 g/mol. The van der Waals surface area contributed by atoms with Crippen LogP contribution in [-0.2, 0) is 0 Å². The molecule has 0 aliphatic carbocycles. The van der Waals surface area contributed by atoms with Crippen molar-refractivity contribution in [3.63, 3.8) is 0 Å². The van der Waals surface area contributed by atoms with Crippen LogP contribution in [0, 0.1) is 6.92 Å². The highest BCUT2D eigenvalue weighted by molar-refractivity contribution is 7.99. The van der Waals surface area contributed by atoms with Crippen molar-refractivity contribution in [2.75, 3.05) is 0 Å². The van der Waals surface area contributed by atoms with Crippen LogP contribution in [0.5, 0.6) is 5.75 Å². The Bertz CT molecular complexity index is 451.